The lowest BCUT2D eigenvalue weighted by molar-refractivity contribution is -0.121. The van der Waals surface area contributed by atoms with Crippen molar-refractivity contribution in [1.82, 2.24) is 5.43 Å². The zero-order valence-electron chi connectivity index (χ0n) is 16.0. The van der Waals surface area contributed by atoms with Crippen molar-refractivity contribution in [3.63, 3.8) is 0 Å². The third kappa shape index (κ3) is 4.55. The molecule has 0 aliphatic rings. The van der Waals surface area contributed by atoms with E-state index in [1.807, 2.05) is 24.3 Å². The number of rotatable bonds is 6. The second-order valence-electron chi connectivity index (χ2n) is 6.52. The number of anilines is 1. The van der Waals surface area contributed by atoms with Gasteiger partial charge in [-0.2, -0.15) is 5.10 Å². The van der Waals surface area contributed by atoms with E-state index in [-0.39, 0.29) is 5.75 Å². The Kier molecular flexibility index (Phi) is 5.84. The molecular weight excluding hydrogens is 390 g/mol. The molecule has 0 aliphatic carbocycles. The first-order valence-electron chi connectivity index (χ1n) is 8.87. The Labute approximate surface area is 169 Å². The van der Waals surface area contributed by atoms with Crippen LogP contribution in [0.2, 0.25) is 0 Å². The van der Waals surface area contributed by atoms with E-state index < -0.39 is 22.0 Å². The number of hydrazone groups is 1. The van der Waals surface area contributed by atoms with Crippen LogP contribution >= 0.6 is 0 Å². The van der Waals surface area contributed by atoms with E-state index in [2.05, 4.69) is 10.5 Å². The summed E-state index contributed by atoms with van der Waals surface area (Å²) in [6, 6.07) is 18.1. The Hall–Kier alpha value is -3.39. The van der Waals surface area contributed by atoms with Gasteiger partial charge in [0.1, 0.15) is 11.8 Å². The largest absolute Gasteiger partial charge is 0.507 e. The third-order valence-electron chi connectivity index (χ3n) is 4.42. The minimum atomic E-state index is -3.69. The molecule has 2 N–H and O–H groups in total. The van der Waals surface area contributed by atoms with Gasteiger partial charge < -0.3 is 5.11 Å². The van der Waals surface area contributed by atoms with Crippen LogP contribution in [0.4, 0.5) is 5.69 Å². The van der Waals surface area contributed by atoms with E-state index in [1.165, 1.54) is 13.1 Å². The molecule has 7 nitrogen and oxygen atoms in total. The molecule has 0 spiro atoms. The smallest absolute Gasteiger partial charge is 0.263 e. The molecule has 0 aromatic heterocycles. The fourth-order valence-corrected chi connectivity index (χ4v) is 4.23. The highest BCUT2D eigenvalue weighted by Gasteiger charge is 2.28. The number of sulfonamides is 1. The maximum absolute atomic E-state index is 12.5. The van der Waals surface area contributed by atoms with Gasteiger partial charge in [-0.05, 0) is 35.9 Å². The molecule has 3 rings (SSSR count). The molecule has 1 amide bonds. The van der Waals surface area contributed by atoms with Gasteiger partial charge in [0.2, 0.25) is 10.0 Å². The van der Waals surface area contributed by atoms with Crippen LogP contribution in [0.3, 0.4) is 0 Å². The minimum absolute atomic E-state index is 0.0248. The summed E-state index contributed by atoms with van der Waals surface area (Å²) in [5.74, 6) is -0.577. The molecular formula is C21H21N3O4S. The molecule has 0 heterocycles. The summed E-state index contributed by atoms with van der Waals surface area (Å²) in [5.41, 5.74) is 3.20. The summed E-state index contributed by atoms with van der Waals surface area (Å²) >= 11 is 0. The second-order valence-corrected chi connectivity index (χ2v) is 8.38. The fraction of sp³-hybridized carbons (Fsp3) is 0.143. The number of aromatic hydroxyl groups is 1. The third-order valence-corrected chi connectivity index (χ3v) is 5.66. The predicted octanol–water partition coefficient (Wildman–Crippen LogP) is 2.85. The first-order valence-corrected chi connectivity index (χ1v) is 10.7. The molecule has 0 saturated heterocycles. The van der Waals surface area contributed by atoms with Crippen LogP contribution in [-0.4, -0.2) is 37.9 Å². The SMILES string of the molecule is C[C@H](C(=O)NN=Cc1c(O)ccc2ccccc12)N(c1ccccc1)S(C)(=O)=O. The summed E-state index contributed by atoms with van der Waals surface area (Å²) in [6.45, 7) is 1.48. The fourth-order valence-electron chi connectivity index (χ4n) is 3.06. The van der Waals surface area contributed by atoms with Gasteiger partial charge in [-0.1, -0.05) is 48.5 Å². The number of benzene rings is 3. The number of hydrogen-bond acceptors (Lipinski definition) is 5. The van der Waals surface area contributed by atoms with Gasteiger partial charge in [0.05, 0.1) is 18.2 Å². The topological polar surface area (TPSA) is 99.1 Å². The maximum atomic E-state index is 12.5. The molecule has 0 radical (unpaired) electrons. The van der Waals surface area contributed by atoms with Crippen LogP contribution in [0, 0.1) is 0 Å². The van der Waals surface area contributed by atoms with Crippen molar-refractivity contribution in [2.75, 3.05) is 10.6 Å². The number of fused-ring (bicyclic) bond motifs is 1. The lowest BCUT2D eigenvalue weighted by atomic mass is 10.0. The normalized spacial score (nSPS) is 12.8. The van der Waals surface area contributed by atoms with Crippen LogP contribution in [0.15, 0.2) is 71.8 Å². The highest BCUT2D eigenvalue weighted by molar-refractivity contribution is 7.92. The van der Waals surface area contributed by atoms with Gasteiger partial charge in [0.15, 0.2) is 0 Å². The van der Waals surface area contributed by atoms with Gasteiger partial charge in [0, 0.05) is 5.56 Å². The Morgan fingerprint density at radius 2 is 1.72 bits per heavy atom. The van der Waals surface area contributed by atoms with Crippen molar-refractivity contribution in [2.24, 2.45) is 5.10 Å². The monoisotopic (exact) mass is 411 g/mol. The summed E-state index contributed by atoms with van der Waals surface area (Å²) in [5, 5.41) is 15.8. The summed E-state index contributed by atoms with van der Waals surface area (Å²) in [6.07, 6.45) is 2.39. The zero-order chi connectivity index (χ0) is 21.0. The van der Waals surface area contributed by atoms with Crippen LogP contribution in [0.5, 0.6) is 5.75 Å². The van der Waals surface area contributed by atoms with Crippen LogP contribution < -0.4 is 9.73 Å². The van der Waals surface area contributed by atoms with Gasteiger partial charge >= 0.3 is 0 Å². The lowest BCUT2D eigenvalue weighted by Crippen LogP contribution is -2.46. The van der Waals surface area contributed by atoms with Crippen molar-refractivity contribution < 1.29 is 18.3 Å². The van der Waals surface area contributed by atoms with E-state index in [0.717, 1.165) is 21.3 Å². The van der Waals surface area contributed by atoms with Crippen LogP contribution in [0.25, 0.3) is 10.8 Å². The van der Waals surface area contributed by atoms with E-state index >= 15 is 0 Å². The van der Waals surface area contributed by atoms with Gasteiger partial charge in [-0.3, -0.25) is 9.10 Å². The molecule has 150 valence electrons. The number of carbonyl (C=O) groups excluding carboxylic acids is 1. The van der Waals surface area contributed by atoms with Crippen molar-refractivity contribution >= 4 is 38.6 Å². The Morgan fingerprint density at radius 1 is 1.07 bits per heavy atom. The van der Waals surface area contributed by atoms with Crippen molar-refractivity contribution in [2.45, 2.75) is 13.0 Å². The van der Waals surface area contributed by atoms with E-state index in [0.29, 0.717) is 11.3 Å². The standard InChI is InChI=1S/C21H21N3O4S/c1-15(24(29(2,27)28)17-9-4-3-5-10-17)21(26)23-22-14-19-18-11-7-6-8-16(18)12-13-20(19)25/h3-15,25H,1-2H3,(H,23,26)/t15-/m1/s1. The van der Waals surface area contributed by atoms with Crippen molar-refractivity contribution in [1.29, 1.82) is 0 Å². The molecule has 3 aromatic rings. The number of nitrogens with zero attached hydrogens (tertiary/aromatic N) is 2. The number of amides is 1. The lowest BCUT2D eigenvalue weighted by Gasteiger charge is -2.27. The van der Waals surface area contributed by atoms with Gasteiger partial charge in [-0.15, -0.1) is 0 Å². The van der Waals surface area contributed by atoms with E-state index in [4.69, 9.17) is 0 Å². The number of phenolic OH excluding ortho intramolecular Hbond substituents is 1. The first-order chi connectivity index (χ1) is 13.8. The molecule has 3 aromatic carbocycles. The molecule has 8 heteroatoms. The number of hydrogen-bond donors (Lipinski definition) is 2. The minimum Gasteiger partial charge on any atom is -0.507 e. The summed E-state index contributed by atoms with van der Waals surface area (Å²) in [4.78, 5) is 12.5. The van der Waals surface area contributed by atoms with Crippen molar-refractivity contribution in [3.8, 4) is 5.75 Å². The number of carbonyl (C=O) groups is 1. The Balaban J connectivity index is 1.82. The molecule has 0 fully saturated rings. The summed E-state index contributed by atoms with van der Waals surface area (Å²) < 4.78 is 25.5. The maximum Gasteiger partial charge on any atom is 0.263 e. The quantitative estimate of drug-likeness (QED) is 0.481. The Bertz CT molecular complexity index is 1160. The molecule has 0 aliphatic heterocycles. The van der Waals surface area contributed by atoms with E-state index in [9.17, 15) is 18.3 Å². The predicted molar refractivity (Wildman–Crippen MR) is 115 cm³/mol. The molecule has 0 bridgehead atoms. The molecule has 0 saturated carbocycles. The van der Waals surface area contributed by atoms with Gasteiger partial charge in [-0.25, -0.2) is 13.8 Å². The molecule has 29 heavy (non-hydrogen) atoms. The van der Waals surface area contributed by atoms with Crippen LogP contribution in [-0.2, 0) is 14.8 Å². The average molecular weight is 411 g/mol. The number of nitrogens with one attached hydrogen (secondary N) is 1. The second kappa shape index (κ2) is 8.32. The van der Waals surface area contributed by atoms with E-state index in [1.54, 1.807) is 42.5 Å². The number of para-hydroxylation sites is 1. The molecule has 1 atom stereocenters. The highest BCUT2D eigenvalue weighted by Crippen LogP contribution is 2.25. The van der Waals surface area contributed by atoms with Crippen molar-refractivity contribution in [3.05, 3.63) is 72.3 Å². The first kappa shape index (κ1) is 20.3. The van der Waals surface area contributed by atoms with Gasteiger partial charge in [0.25, 0.3) is 5.91 Å². The summed E-state index contributed by atoms with van der Waals surface area (Å²) in [7, 11) is -3.69. The number of phenols is 1. The zero-order valence-corrected chi connectivity index (χ0v) is 16.8. The molecule has 0 unspecified atom stereocenters. The highest BCUT2D eigenvalue weighted by atomic mass is 32.2. The Morgan fingerprint density at radius 3 is 2.41 bits per heavy atom. The van der Waals surface area contributed by atoms with Crippen LogP contribution in [0.1, 0.15) is 12.5 Å². The average Bonchev–Trinajstić information content (AvgIpc) is 2.69.